The maximum Gasteiger partial charge on any atom is 0.335 e. The van der Waals surface area contributed by atoms with E-state index in [-0.39, 0.29) is 40.7 Å². The summed E-state index contributed by atoms with van der Waals surface area (Å²) in [6.45, 7) is 0. The zero-order valence-corrected chi connectivity index (χ0v) is 19.7. The Bertz CT molecular complexity index is 1330. The number of hydrogen-bond acceptors (Lipinski definition) is 6. The van der Waals surface area contributed by atoms with Crippen LogP contribution < -0.4 is 9.04 Å². The lowest BCUT2D eigenvalue weighted by Gasteiger charge is -2.41. The number of hydrogen-bond donors (Lipinski definition) is 1. The Morgan fingerprint density at radius 1 is 1.12 bits per heavy atom. The molecular weight excluding hydrogens is 466 g/mol. The third kappa shape index (κ3) is 3.50. The summed E-state index contributed by atoms with van der Waals surface area (Å²) in [5.41, 5.74) is 0.399. The number of sulfonamides is 1. The number of nitrogens with zero attached hydrogens (tertiary/aromatic N) is 1. The van der Waals surface area contributed by atoms with Gasteiger partial charge in [0.15, 0.2) is 0 Å². The Labute approximate surface area is 193 Å². The average Bonchev–Trinajstić information content (AvgIpc) is 3.59. The van der Waals surface area contributed by atoms with E-state index in [1.807, 2.05) is 0 Å². The second kappa shape index (κ2) is 7.46. The molecule has 2 heterocycles. The SMILES string of the molecule is COc1cccc(S(=O)(=O)N2c3ccc(C(=O)O)cc3C3(CCS(=O)(=O)CC3)C2C2CC2)c1. The molecule has 2 aromatic carbocycles. The van der Waals surface area contributed by atoms with Gasteiger partial charge >= 0.3 is 5.97 Å². The van der Waals surface area contributed by atoms with E-state index in [9.17, 15) is 26.7 Å². The highest BCUT2D eigenvalue weighted by atomic mass is 32.2. The van der Waals surface area contributed by atoms with Crippen LogP contribution in [-0.4, -0.2) is 52.6 Å². The van der Waals surface area contributed by atoms with Crippen molar-refractivity contribution >= 4 is 31.5 Å². The van der Waals surface area contributed by atoms with Crippen LogP contribution in [-0.2, 0) is 25.3 Å². The van der Waals surface area contributed by atoms with Crippen LogP contribution in [0.4, 0.5) is 5.69 Å². The zero-order valence-electron chi connectivity index (χ0n) is 18.1. The van der Waals surface area contributed by atoms with Crippen molar-refractivity contribution in [2.75, 3.05) is 22.9 Å². The zero-order chi connectivity index (χ0) is 23.6. The summed E-state index contributed by atoms with van der Waals surface area (Å²) in [6, 6.07) is 10.3. The van der Waals surface area contributed by atoms with Crippen molar-refractivity contribution in [3.63, 3.8) is 0 Å². The van der Waals surface area contributed by atoms with Crippen molar-refractivity contribution in [1.82, 2.24) is 0 Å². The highest BCUT2D eigenvalue weighted by Crippen LogP contribution is 2.59. The summed E-state index contributed by atoms with van der Waals surface area (Å²) in [5, 5.41) is 9.59. The van der Waals surface area contributed by atoms with Crippen molar-refractivity contribution in [1.29, 1.82) is 0 Å². The molecule has 1 N–H and O–H groups in total. The summed E-state index contributed by atoms with van der Waals surface area (Å²) in [6.07, 6.45) is 2.25. The molecule has 1 saturated heterocycles. The number of benzene rings is 2. The number of fused-ring (bicyclic) bond motifs is 2. The molecule has 1 saturated carbocycles. The fourth-order valence-corrected chi connectivity index (χ4v) is 8.86. The molecule has 10 heteroatoms. The van der Waals surface area contributed by atoms with Crippen molar-refractivity contribution < 1.29 is 31.5 Å². The maximum atomic E-state index is 14.0. The smallest absolute Gasteiger partial charge is 0.335 e. The van der Waals surface area contributed by atoms with Crippen LogP contribution in [0.15, 0.2) is 47.4 Å². The molecule has 2 aromatic rings. The van der Waals surface area contributed by atoms with Crippen molar-refractivity contribution in [3.05, 3.63) is 53.6 Å². The number of methoxy groups -OCH3 is 1. The second-order valence-corrected chi connectivity index (χ2v) is 13.2. The minimum absolute atomic E-state index is 0.0417. The molecular formula is C23H25NO7S2. The molecule has 5 rings (SSSR count). The Morgan fingerprint density at radius 3 is 2.42 bits per heavy atom. The molecule has 2 aliphatic heterocycles. The third-order valence-corrected chi connectivity index (χ3v) is 10.7. The summed E-state index contributed by atoms with van der Waals surface area (Å²) < 4.78 is 59.3. The summed E-state index contributed by atoms with van der Waals surface area (Å²) >= 11 is 0. The molecule has 1 aliphatic carbocycles. The number of carboxylic acid groups (broad SMARTS) is 1. The van der Waals surface area contributed by atoms with Gasteiger partial charge in [-0.25, -0.2) is 21.6 Å². The quantitative estimate of drug-likeness (QED) is 0.683. The van der Waals surface area contributed by atoms with E-state index in [2.05, 4.69) is 0 Å². The van der Waals surface area contributed by atoms with Gasteiger partial charge in [-0.15, -0.1) is 0 Å². The molecule has 1 spiro atoms. The van der Waals surface area contributed by atoms with E-state index in [0.29, 0.717) is 17.0 Å². The Hall–Kier alpha value is -2.59. The lowest BCUT2D eigenvalue weighted by molar-refractivity contribution is 0.0696. The van der Waals surface area contributed by atoms with Crippen LogP contribution in [0.2, 0.25) is 0 Å². The lowest BCUT2D eigenvalue weighted by atomic mass is 9.70. The van der Waals surface area contributed by atoms with Crippen LogP contribution in [0.5, 0.6) is 5.75 Å². The predicted molar refractivity (Wildman–Crippen MR) is 122 cm³/mol. The molecule has 8 nitrogen and oxygen atoms in total. The van der Waals surface area contributed by atoms with Gasteiger partial charge in [0.2, 0.25) is 0 Å². The third-order valence-electron chi connectivity index (χ3n) is 7.22. The fourth-order valence-electron chi connectivity index (χ4n) is 5.47. The van der Waals surface area contributed by atoms with Gasteiger partial charge in [-0.1, -0.05) is 6.07 Å². The molecule has 0 bridgehead atoms. The molecule has 33 heavy (non-hydrogen) atoms. The van der Waals surface area contributed by atoms with Crippen molar-refractivity contribution in [2.24, 2.45) is 5.92 Å². The Balaban J connectivity index is 1.73. The van der Waals surface area contributed by atoms with E-state index in [1.165, 1.54) is 29.6 Å². The molecule has 176 valence electrons. The first kappa shape index (κ1) is 22.2. The average molecular weight is 492 g/mol. The van der Waals surface area contributed by atoms with E-state index in [1.54, 1.807) is 24.3 Å². The molecule has 0 radical (unpaired) electrons. The standard InChI is InChI=1S/C23H25NO7S2/c1-31-17-3-2-4-18(14-17)33(29,30)24-20-8-7-16(22(25)26)13-19(20)23(21(24)15-5-6-15)9-11-32(27,28)12-10-23/h2-4,7-8,13-15,21H,5-6,9-12H2,1H3,(H,25,26). The van der Waals surface area contributed by atoms with Crippen LogP contribution in [0.3, 0.4) is 0 Å². The van der Waals surface area contributed by atoms with Gasteiger partial charge in [-0.2, -0.15) is 0 Å². The van der Waals surface area contributed by atoms with E-state index in [4.69, 9.17) is 4.74 Å². The molecule has 3 aliphatic rings. The van der Waals surface area contributed by atoms with Gasteiger partial charge < -0.3 is 9.84 Å². The van der Waals surface area contributed by atoms with Crippen LogP contribution in [0, 0.1) is 5.92 Å². The molecule has 2 fully saturated rings. The topological polar surface area (TPSA) is 118 Å². The van der Waals surface area contributed by atoms with Gasteiger partial charge in [0.25, 0.3) is 10.0 Å². The maximum absolute atomic E-state index is 14.0. The first-order valence-electron chi connectivity index (χ1n) is 10.9. The number of carbonyl (C=O) groups is 1. The highest BCUT2D eigenvalue weighted by molar-refractivity contribution is 7.93. The summed E-state index contributed by atoms with van der Waals surface area (Å²) in [7, 11) is -5.77. The molecule has 0 aromatic heterocycles. The van der Waals surface area contributed by atoms with Gasteiger partial charge in [-0.3, -0.25) is 4.31 Å². The first-order valence-corrected chi connectivity index (χ1v) is 14.1. The number of rotatable bonds is 5. The predicted octanol–water partition coefficient (Wildman–Crippen LogP) is 2.83. The van der Waals surface area contributed by atoms with E-state index < -0.39 is 37.3 Å². The number of ether oxygens (including phenoxy) is 1. The van der Waals surface area contributed by atoms with Gasteiger partial charge in [-0.05, 0) is 67.5 Å². The minimum Gasteiger partial charge on any atom is -0.497 e. The second-order valence-electron chi connectivity index (χ2n) is 9.11. The number of sulfone groups is 1. The van der Waals surface area contributed by atoms with Gasteiger partial charge in [0.1, 0.15) is 15.6 Å². The Morgan fingerprint density at radius 2 is 1.82 bits per heavy atom. The molecule has 1 unspecified atom stereocenters. The van der Waals surface area contributed by atoms with Gasteiger partial charge in [0, 0.05) is 11.5 Å². The van der Waals surface area contributed by atoms with E-state index >= 15 is 0 Å². The Kier molecular flexibility index (Phi) is 5.02. The normalized spacial score (nSPS) is 23.3. The fraction of sp³-hybridized carbons (Fsp3) is 0.435. The number of carboxylic acids is 1. The van der Waals surface area contributed by atoms with Crippen LogP contribution in [0.25, 0.3) is 0 Å². The molecule has 1 atom stereocenters. The monoisotopic (exact) mass is 491 g/mol. The summed E-state index contributed by atoms with van der Waals surface area (Å²) in [5.74, 6) is -0.682. The largest absolute Gasteiger partial charge is 0.497 e. The van der Waals surface area contributed by atoms with E-state index in [0.717, 1.165) is 12.8 Å². The van der Waals surface area contributed by atoms with Crippen molar-refractivity contribution in [2.45, 2.75) is 42.0 Å². The van der Waals surface area contributed by atoms with Gasteiger partial charge in [0.05, 0.1) is 40.8 Å². The lowest BCUT2D eigenvalue weighted by Crippen LogP contribution is -2.52. The number of aromatic carboxylic acids is 1. The molecule has 0 amide bonds. The summed E-state index contributed by atoms with van der Waals surface area (Å²) in [4.78, 5) is 11.8. The minimum atomic E-state index is -4.02. The number of anilines is 1. The van der Waals surface area contributed by atoms with Crippen LogP contribution in [0.1, 0.15) is 41.6 Å². The highest BCUT2D eigenvalue weighted by Gasteiger charge is 2.60. The van der Waals surface area contributed by atoms with Crippen molar-refractivity contribution in [3.8, 4) is 5.75 Å². The first-order chi connectivity index (χ1) is 15.6. The van der Waals surface area contributed by atoms with Crippen LogP contribution >= 0.6 is 0 Å².